The number of halogens is 1. The Hall–Kier alpha value is -1.75. The van der Waals surface area contributed by atoms with Crippen LogP contribution in [-0.2, 0) is 13.2 Å². The minimum atomic E-state index is 0.461. The van der Waals surface area contributed by atoms with Crippen LogP contribution < -0.4 is 14.8 Å². The number of rotatable bonds is 12. The van der Waals surface area contributed by atoms with Crippen LogP contribution in [0.25, 0.3) is 0 Å². The van der Waals surface area contributed by atoms with Gasteiger partial charge in [-0.15, -0.1) is 0 Å². The van der Waals surface area contributed by atoms with Crippen molar-refractivity contribution in [3.63, 3.8) is 0 Å². The van der Waals surface area contributed by atoms with E-state index in [-0.39, 0.29) is 0 Å². The molecule has 0 radical (unpaired) electrons. The van der Waals surface area contributed by atoms with E-state index in [1.165, 1.54) is 5.56 Å². The molecule has 0 saturated carbocycles. The lowest BCUT2D eigenvalue weighted by molar-refractivity contribution is 0.269. The Morgan fingerprint density at radius 2 is 1.79 bits per heavy atom. The van der Waals surface area contributed by atoms with Crippen LogP contribution >= 0.6 is 11.6 Å². The van der Waals surface area contributed by atoms with E-state index in [4.69, 9.17) is 21.1 Å². The Morgan fingerprint density at radius 1 is 1.00 bits per heavy atom. The van der Waals surface area contributed by atoms with Crippen molar-refractivity contribution in [1.29, 1.82) is 0 Å². The van der Waals surface area contributed by atoms with Crippen LogP contribution in [0.3, 0.4) is 0 Å². The number of hydrogen-bond donors (Lipinski definition) is 1. The van der Waals surface area contributed by atoms with Gasteiger partial charge in [-0.05, 0) is 50.2 Å². The lowest BCUT2D eigenvalue weighted by Crippen LogP contribution is -2.31. The van der Waals surface area contributed by atoms with E-state index in [1.807, 2.05) is 25.1 Å². The second kappa shape index (κ2) is 11.9. The van der Waals surface area contributed by atoms with Crippen molar-refractivity contribution < 1.29 is 9.47 Å². The Morgan fingerprint density at radius 3 is 2.46 bits per heavy atom. The zero-order chi connectivity index (χ0) is 20.4. The number of ether oxygens (including phenoxy) is 2. The van der Waals surface area contributed by atoms with Crippen LogP contribution in [0.4, 0.5) is 0 Å². The van der Waals surface area contributed by atoms with Gasteiger partial charge in [-0.25, -0.2) is 0 Å². The smallest absolute Gasteiger partial charge is 0.180 e. The fourth-order valence-corrected chi connectivity index (χ4v) is 3.38. The molecule has 1 N–H and O–H groups in total. The van der Waals surface area contributed by atoms with E-state index in [1.54, 1.807) is 0 Å². The van der Waals surface area contributed by atoms with Crippen LogP contribution in [0.2, 0.25) is 5.02 Å². The minimum absolute atomic E-state index is 0.461. The van der Waals surface area contributed by atoms with Crippen molar-refractivity contribution in [1.82, 2.24) is 10.2 Å². The van der Waals surface area contributed by atoms with Crippen LogP contribution in [0.1, 0.15) is 37.5 Å². The average molecular weight is 405 g/mol. The SMILES string of the molecule is CCOc1cc(CNCCN(CC)CC)cc(Cl)c1OCc1cccc(C)c1. The van der Waals surface area contributed by atoms with E-state index >= 15 is 0 Å². The molecule has 0 aliphatic rings. The van der Waals surface area contributed by atoms with Gasteiger partial charge in [0.05, 0.1) is 11.6 Å². The first-order chi connectivity index (χ1) is 13.6. The maximum Gasteiger partial charge on any atom is 0.180 e. The molecular formula is C23H33ClN2O2. The van der Waals surface area contributed by atoms with Gasteiger partial charge in [0.25, 0.3) is 0 Å². The molecule has 4 nitrogen and oxygen atoms in total. The van der Waals surface area contributed by atoms with Crippen molar-refractivity contribution in [2.45, 2.75) is 40.8 Å². The Bertz CT molecular complexity index is 733. The number of likely N-dealkylation sites (N-methyl/N-ethyl adjacent to an activating group) is 1. The van der Waals surface area contributed by atoms with Crippen LogP contribution in [0.5, 0.6) is 11.5 Å². The molecule has 0 spiro atoms. The fourth-order valence-electron chi connectivity index (χ4n) is 3.09. The third kappa shape index (κ3) is 7.01. The third-order valence-corrected chi connectivity index (χ3v) is 4.94. The third-order valence-electron chi connectivity index (χ3n) is 4.66. The zero-order valence-electron chi connectivity index (χ0n) is 17.6. The predicted molar refractivity (Wildman–Crippen MR) is 118 cm³/mol. The maximum atomic E-state index is 6.53. The number of nitrogens with one attached hydrogen (secondary N) is 1. The molecule has 0 bridgehead atoms. The van der Waals surface area contributed by atoms with Gasteiger partial charge in [-0.3, -0.25) is 0 Å². The summed E-state index contributed by atoms with van der Waals surface area (Å²) in [7, 11) is 0. The van der Waals surface area contributed by atoms with Crippen molar-refractivity contribution in [2.24, 2.45) is 0 Å². The molecule has 154 valence electrons. The number of hydrogen-bond acceptors (Lipinski definition) is 4. The van der Waals surface area contributed by atoms with Gasteiger partial charge in [0, 0.05) is 19.6 Å². The highest BCUT2D eigenvalue weighted by Crippen LogP contribution is 2.37. The summed E-state index contributed by atoms with van der Waals surface area (Å²) in [6, 6.07) is 12.2. The molecule has 28 heavy (non-hydrogen) atoms. The van der Waals surface area contributed by atoms with E-state index in [0.717, 1.165) is 43.9 Å². The van der Waals surface area contributed by atoms with Gasteiger partial charge in [0.1, 0.15) is 6.61 Å². The normalized spacial score (nSPS) is 11.1. The largest absolute Gasteiger partial charge is 0.490 e. The zero-order valence-corrected chi connectivity index (χ0v) is 18.3. The van der Waals surface area contributed by atoms with E-state index in [0.29, 0.717) is 29.7 Å². The molecule has 0 heterocycles. The quantitative estimate of drug-likeness (QED) is 0.501. The summed E-state index contributed by atoms with van der Waals surface area (Å²) in [6.45, 7) is 14.3. The highest BCUT2D eigenvalue weighted by Gasteiger charge is 2.13. The number of aryl methyl sites for hydroxylation is 1. The molecule has 0 aromatic heterocycles. The molecule has 0 aliphatic heterocycles. The minimum Gasteiger partial charge on any atom is -0.490 e. The summed E-state index contributed by atoms with van der Waals surface area (Å²) in [5.41, 5.74) is 3.42. The highest BCUT2D eigenvalue weighted by atomic mass is 35.5. The Kier molecular flexibility index (Phi) is 9.62. The standard InChI is InChI=1S/C23H33ClN2O2/c1-5-26(6-2)12-11-25-16-20-14-21(24)23(22(15-20)27-7-3)28-17-19-10-8-9-18(4)13-19/h8-10,13-15,25H,5-7,11-12,16-17H2,1-4H3. The molecule has 2 aromatic rings. The molecule has 2 rings (SSSR count). The van der Waals surface area contributed by atoms with Crippen molar-refractivity contribution in [3.8, 4) is 11.5 Å². The molecule has 0 atom stereocenters. The summed E-state index contributed by atoms with van der Waals surface area (Å²) in [6.07, 6.45) is 0. The average Bonchev–Trinajstić information content (AvgIpc) is 2.68. The molecular weight excluding hydrogens is 372 g/mol. The molecule has 2 aromatic carbocycles. The topological polar surface area (TPSA) is 33.7 Å². The van der Waals surface area contributed by atoms with Crippen molar-refractivity contribution >= 4 is 11.6 Å². The first-order valence-electron chi connectivity index (χ1n) is 10.1. The number of benzene rings is 2. The van der Waals surface area contributed by atoms with E-state index in [2.05, 4.69) is 49.2 Å². The molecule has 0 unspecified atom stereocenters. The van der Waals surface area contributed by atoms with Gasteiger partial charge in [0.2, 0.25) is 0 Å². The molecule has 0 fully saturated rings. The van der Waals surface area contributed by atoms with Crippen molar-refractivity contribution in [3.05, 3.63) is 58.1 Å². The predicted octanol–water partition coefficient (Wildman–Crippen LogP) is 5.06. The molecule has 0 aliphatic carbocycles. The Balaban J connectivity index is 2.01. The summed E-state index contributed by atoms with van der Waals surface area (Å²) >= 11 is 6.53. The fraction of sp³-hybridized carbons (Fsp3) is 0.478. The van der Waals surface area contributed by atoms with Crippen LogP contribution in [0.15, 0.2) is 36.4 Å². The summed E-state index contributed by atoms with van der Waals surface area (Å²) in [4.78, 5) is 2.40. The van der Waals surface area contributed by atoms with Gasteiger partial charge < -0.3 is 19.7 Å². The summed E-state index contributed by atoms with van der Waals surface area (Å²) in [5.74, 6) is 1.31. The highest BCUT2D eigenvalue weighted by molar-refractivity contribution is 6.32. The summed E-state index contributed by atoms with van der Waals surface area (Å²) in [5, 5.41) is 4.07. The van der Waals surface area contributed by atoms with Gasteiger partial charge in [-0.1, -0.05) is 55.3 Å². The Labute approximate surface area is 174 Å². The molecule has 0 saturated heterocycles. The lowest BCUT2D eigenvalue weighted by Gasteiger charge is -2.18. The van der Waals surface area contributed by atoms with Gasteiger partial charge in [-0.2, -0.15) is 0 Å². The van der Waals surface area contributed by atoms with Crippen molar-refractivity contribution in [2.75, 3.05) is 32.8 Å². The van der Waals surface area contributed by atoms with Crippen LogP contribution in [-0.4, -0.2) is 37.7 Å². The maximum absolute atomic E-state index is 6.53. The lowest BCUT2D eigenvalue weighted by atomic mass is 10.1. The van der Waals surface area contributed by atoms with E-state index in [9.17, 15) is 0 Å². The van der Waals surface area contributed by atoms with Gasteiger partial charge in [0.15, 0.2) is 11.5 Å². The van der Waals surface area contributed by atoms with Crippen LogP contribution in [0, 0.1) is 6.92 Å². The van der Waals surface area contributed by atoms with Gasteiger partial charge >= 0.3 is 0 Å². The first kappa shape index (κ1) is 22.5. The monoisotopic (exact) mass is 404 g/mol. The first-order valence-corrected chi connectivity index (χ1v) is 10.5. The number of nitrogens with zero attached hydrogens (tertiary/aromatic N) is 1. The second-order valence-corrected chi connectivity index (χ2v) is 7.23. The molecule has 0 amide bonds. The summed E-state index contributed by atoms with van der Waals surface area (Å²) < 4.78 is 11.8. The molecule has 5 heteroatoms. The van der Waals surface area contributed by atoms with E-state index < -0.39 is 0 Å². The second-order valence-electron chi connectivity index (χ2n) is 6.82.